The van der Waals surface area contributed by atoms with E-state index in [2.05, 4.69) is 18.4 Å². The summed E-state index contributed by atoms with van der Waals surface area (Å²) < 4.78 is 0. The number of thiophene rings is 1. The molecule has 4 heteroatoms. The number of hydrogen-bond donors (Lipinski definition) is 1. The molecule has 2 aromatic rings. The minimum atomic E-state index is -0.241. The van der Waals surface area contributed by atoms with E-state index in [1.807, 2.05) is 48.3 Å². The molecular weight excluding hydrogens is 280 g/mol. The van der Waals surface area contributed by atoms with Crippen molar-refractivity contribution in [3.8, 4) is 0 Å². The van der Waals surface area contributed by atoms with Gasteiger partial charge in [0.15, 0.2) is 0 Å². The van der Waals surface area contributed by atoms with Crippen LogP contribution in [0.2, 0.25) is 0 Å². The number of amides is 1. The molecule has 0 bridgehead atoms. The van der Waals surface area contributed by atoms with Gasteiger partial charge in [0.2, 0.25) is 5.91 Å². The first-order valence-corrected chi connectivity index (χ1v) is 8.04. The third-order valence-corrected chi connectivity index (χ3v) is 4.65. The Balaban J connectivity index is 1.90. The molecule has 1 heterocycles. The molecule has 3 nitrogen and oxygen atoms in total. The Morgan fingerprint density at radius 1 is 1.24 bits per heavy atom. The van der Waals surface area contributed by atoms with Gasteiger partial charge in [0.1, 0.15) is 0 Å². The molecule has 1 aromatic carbocycles. The zero-order valence-corrected chi connectivity index (χ0v) is 13.3. The van der Waals surface area contributed by atoms with Gasteiger partial charge in [-0.2, -0.15) is 0 Å². The summed E-state index contributed by atoms with van der Waals surface area (Å²) in [5.74, 6) is 0.0930. The van der Waals surface area contributed by atoms with Crippen LogP contribution >= 0.6 is 11.3 Å². The van der Waals surface area contributed by atoms with Gasteiger partial charge in [-0.25, -0.2) is 0 Å². The van der Waals surface area contributed by atoms with Gasteiger partial charge in [0.05, 0.1) is 0 Å². The lowest BCUT2D eigenvalue weighted by Crippen LogP contribution is -2.37. The summed E-state index contributed by atoms with van der Waals surface area (Å²) in [6.07, 6.45) is 1.23. The number of hydrogen-bond acceptors (Lipinski definition) is 3. The fraction of sp³-hybridized carbons (Fsp3) is 0.353. The van der Waals surface area contributed by atoms with Crippen molar-refractivity contribution in [2.24, 2.45) is 5.73 Å². The molecule has 1 amide bonds. The minimum Gasteiger partial charge on any atom is -0.343 e. The lowest BCUT2D eigenvalue weighted by Gasteiger charge is -2.26. The van der Waals surface area contributed by atoms with Crippen molar-refractivity contribution in [1.29, 1.82) is 0 Å². The maximum atomic E-state index is 12.3. The van der Waals surface area contributed by atoms with Crippen LogP contribution in [0.15, 0.2) is 47.8 Å². The van der Waals surface area contributed by atoms with Gasteiger partial charge in [-0.05, 0) is 23.9 Å². The summed E-state index contributed by atoms with van der Waals surface area (Å²) in [4.78, 5) is 15.5. The summed E-state index contributed by atoms with van der Waals surface area (Å²) in [7, 11) is 1.86. The summed E-state index contributed by atoms with van der Waals surface area (Å²) in [5.41, 5.74) is 7.13. The van der Waals surface area contributed by atoms with Gasteiger partial charge < -0.3 is 10.6 Å². The maximum absolute atomic E-state index is 12.3. The molecule has 2 atom stereocenters. The maximum Gasteiger partial charge on any atom is 0.224 e. The largest absolute Gasteiger partial charge is 0.343 e. The van der Waals surface area contributed by atoms with Gasteiger partial charge >= 0.3 is 0 Å². The van der Waals surface area contributed by atoms with Gasteiger partial charge in [-0.15, -0.1) is 11.3 Å². The Bertz CT molecular complexity index is 553. The predicted molar refractivity (Wildman–Crippen MR) is 88.2 cm³/mol. The van der Waals surface area contributed by atoms with Crippen LogP contribution in [-0.4, -0.2) is 23.9 Å². The number of carbonyl (C=O) groups excluding carboxylic acids is 1. The van der Waals surface area contributed by atoms with E-state index in [-0.39, 0.29) is 18.0 Å². The Kier molecular flexibility index (Phi) is 5.53. The minimum absolute atomic E-state index is 0.0930. The van der Waals surface area contributed by atoms with Crippen LogP contribution in [0.3, 0.4) is 0 Å². The number of rotatable bonds is 6. The van der Waals surface area contributed by atoms with Crippen LogP contribution < -0.4 is 5.73 Å². The Labute approximate surface area is 130 Å². The standard InChI is InChI=1S/C17H22N2OS/c1-13(11-15-9-6-10-21-15)19(2)17(20)12-16(18)14-7-4-3-5-8-14/h3-10,13,16H,11-12,18H2,1-2H3. The van der Waals surface area contributed by atoms with E-state index in [1.54, 1.807) is 11.3 Å². The van der Waals surface area contributed by atoms with Gasteiger partial charge in [-0.3, -0.25) is 4.79 Å². The first-order valence-electron chi connectivity index (χ1n) is 7.16. The molecule has 112 valence electrons. The molecule has 2 rings (SSSR count). The molecule has 0 aliphatic rings. The summed E-state index contributed by atoms with van der Waals surface area (Å²) >= 11 is 1.73. The van der Waals surface area contributed by atoms with Crippen LogP contribution in [0.5, 0.6) is 0 Å². The first-order chi connectivity index (χ1) is 10.1. The second kappa shape index (κ2) is 7.38. The lowest BCUT2D eigenvalue weighted by molar-refractivity contribution is -0.132. The molecule has 2 N–H and O–H groups in total. The van der Waals surface area contributed by atoms with Crippen LogP contribution in [0, 0.1) is 0 Å². The number of nitrogens with zero attached hydrogens (tertiary/aromatic N) is 1. The van der Waals surface area contributed by atoms with Crippen LogP contribution in [0.1, 0.15) is 29.8 Å². The molecule has 0 spiro atoms. The predicted octanol–water partition coefficient (Wildman–Crippen LogP) is 3.23. The highest BCUT2D eigenvalue weighted by atomic mass is 32.1. The quantitative estimate of drug-likeness (QED) is 0.890. The Morgan fingerprint density at radius 3 is 2.57 bits per heavy atom. The summed E-state index contributed by atoms with van der Waals surface area (Å²) in [6, 6.07) is 13.9. The van der Waals surface area contributed by atoms with E-state index in [1.165, 1.54) is 4.88 Å². The molecular formula is C17H22N2OS. The van der Waals surface area contributed by atoms with Crippen molar-refractivity contribution in [2.45, 2.75) is 31.8 Å². The molecule has 0 radical (unpaired) electrons. The third kappa shape index (κ3) is 4.41. The van der Waals surface area contributed by atoms with Crippen LogP contribution in [0.4, 0.5) is 0 Å². The molecule has 0 saturated carbocycles. The topological polar surface area (TPSA) is 46.3 Å². The number of nitrogens with two attached hydrogens (primary N) is 1. The summed E-state index contributed by atoms with van der Waals surface area (Å²) in [5, 5.41) is 2.06. The highest BCUT2D eigenvalue weighted by molar-refractivity contribution is 7.09. The van der Waals surface area contributed by atoms with Gasteiger partial charge in [0.25, 0.3) is 0 Å². The van der Waals surface area contributed by atoms with Crippen molar-refractivity contribution < 1.29 is 4.79 Å². The normalized spacial score (nSPS) is 13.7. The van der Waals surface area contributed by atoms with E-state index in [9.17, 15) is 4.79 Å². The van der Waals surface area contributed by atoms with Crippen molar-refractivity contribution >= 4 is 17.2 Å². The average Bonchev–Trinajstić information content (AvgIpc) is 3.00. The third-order valence-electron chi connectivity index (χ3n) is 3.75. The number of carbonyl (C=O) groups is 1. The second-order valence-corrected chi connectivity index (χ2v) is 6.39. The van der Waals surface area contributed by atoms with Crippen molar-refractivity contribution in [2.75, 3.05) is 7.05 Å². The first kappa shape index (κ1) is 15.7. The molecule has 2 unspecified atom stereocenters. The van der Waals surface area contributed by atoms with Gasteiger partial charge in [-0.1, -0.05) is 36.4 Å². The van der Waals surface area contributed by atoms with E-state index in [0.717, 1.165) is 12.0 Å². The average molecular weight is 302 g/mol. The second-order valence-electron chi connectivity index (χ2n) is 5.36. The fourth-order valence-electron chi connectivity index (χ4n) is 2.25. The van der Waals surface area contributed by atoms with Crippen LogP contribution in [-0.2, 0) is 11.2 Å². The lowest BCUT2D eigenvalue weighted by atomic mass is 10.0. The van der Waals surface area contributed by atoms with E-state index >= 15 is 0 Å². The molecule has 21 heavy (non-hydrogen) atoms. The highest BCUT2D eigenvalue weighted by Gasteiger charge is 2.19. The molecule has 0 aliphatic heterocycles. The van der Waals surface area contributed by atoms with Crippen LogP contribution in [0.25, 0.3) is 0 Å². The molecule has 1 aromatic heterocycles. The number of benzene rings is 1. The van der Waals surface area contributed by atoms with Crippen molar-refractivity contribution in [3.05, 3.63) is 58.3 Å². The smallest absolute Gasteiger partial charge is 0.224 e. The van der Waals surface area contributed by atoms with Gasteiger partial charge in [0, 0.05) is 36.9 Å². The Hall–Kier alpha value is -1.65. The highest BCUT2D eigenvalue weighted by Crippen LogP contribution is 2.17. The fourth-order valence-corrected chi connectivity index (χ4v) is 3.08. The number of likely N-dealkylation sites (N-methyl/N-ethyl adjacent to an activating group) is 1. The molecule has 0 fully saturated rings. The van der Waals surface area contributed by atoms with Crippen molar-refractivity contribution in [3.63, 3.8) is 0 Å². The van der Waals surface area contributed by atoms with E-state index in [0.29, 0.717) is 6.42 Å². The summed E-state index contributed by atoms with van der Waals surface area (Å²) in [6.45, 7) is 2.08. The molecule has 0 saturated heterocycles. The van der Waals surface area contributed by atoms with Crippen molar-refractivity contribution in [1.82, 2.24) is 4.90 Å². The molecule has 0 aliphatic carbocycles. The zero-order valence-electron chi connectivity index (χ0n) is 12.5. The van der Waals surface area contributed by atoms with E-state index in [4.69, 9.17) is 5.73 Å². The Morgan fingerprint density at radius 2 is 1.95 bits per heavy atom. The SMILES string of the molecule is CC(Cc1cccs1)N(C)C(=O)CC(N)c1ccccc1. The zero-order chi connectivity index (χ0) is 15.2. The van der Waals surface area contributed by atoms with E-state index < -0.39 is 0 Å². The monoisotopic (exact) mass is 302 g/mol.